The summed E-state index contributed by atoms with van der Waals surface area (Å²) in [7, 11) is -3.86. The van der Waals surface area contributed by atoms with Gasteiger partial charge >= 0.3 is 0 Å². The van der Waals surface area contributed by atoms with Gasteiger partial charge in [0, 0.05) is 21.4 Å². The van der Waals surface area contributed by atoms with E-state index in [1.165, 1.54) is 24.3 Å². The molecule has 4 rings (SSSR count). The molecule has 2 heterocycles. The number of aromatic nitrogens is 2. The number of nitrogens with zero attached hydrogens (tertiary/aromatic N) is 3. The molecule has 0 bridgehead atoms. The molecule has 0 saturated carbocycles. The van der Waals surface area contributed by atoms with Gasteiger partial charge in [-0.2, -0.15) is 0 Å². The second-order valence-electron chi connectivity index (χ2n) is 6.68. The van der Waals surface area contributed by atoms with Crippen molar-refractivity contribution >= 4 is 54.9 Å². The Hall–Kier alpha value is -3.11. The van der Waals surface area contributed by atoms with Crippen LogP contribution in [0, 0.1) is 13.8 Å². The number of nitrogens with one attached hydrogen (secondary N) is 2. The number of hydrogen-bond acceptors (Lipinski definition) is 6. The number of benzene rings is 2. The smallest absolute Gasteiger partial charge is 0.275 e. The molecule has 2 N–H and O–H groups in total. The van der Waals surface area contributed by atoms with Crippen molar-refractivity contribution in [3.05, 3.63) is 70.0 Å². The number of sulfonamides is 1. The average molecular weight is 486 g/mol. The van der Waals surface area contributed by atoms with E-state index in [2.05, 4.69) is 40.9 Å². The van der Waals surface area contributed by atoms with Crippen molar-refractivity contribution in [2.75, 3.05) is 10.0 Å². The van der Waals surface area contributed by atoms with Crippen LogP contribution < -0.4 is 10.0 Å². The van der Waals surface area contributed by atoms with Gasteiger partial charge in [-0.05, 0) is 62.4 Å². The molecule has 30 heavy (non-hydrogen) atoms. The highest BCUT2D eigenvalue weighted by Crippen LogP contribution is 2.29. The van der Waals surface area contributed by atoms with Gasteiger partial charge in [0.15, 0.2) is 0 Å². The number of carbonyl (C=O) groups is 1. The number of aliphatic imine (C=N–C) groups is 1. The fourth-order valence-electron chi connectivity index (χ4n) is 3.02. The number of halogens is 1. The van der Waals surface area contributed by atoms with Gasteiger partial charge in [0.1, 0.15) is 5.71 Å². The Morgan fingerprint density at radius 1 is 1.00 bits per heavy atom. The van der Waals surface area contributed by atoms with E-state index in [0.717, 1.165) is 4.47 Å². The summed E-state index contributed by atoms with van der Waals surface area (Å²) in [5, 5.41) is 2.76. The molecule has 0 atom stereocenters. The zero-order valence-electron chi connectivity index (χ0n) is 16.0. The van der Waals surface area contributed by atoms with Crippen LogP contribution in [0.4, 0.5) is 17.3 Å². The summed E-state index contributed by atoms with van der Waals surface area (Å²) < 4.78 is 28.5. The maximum Gasteiger partial charge on any atom is 0.275 e. The zero-order chi connectivity index (χ0) is 21.5. The second-order valence-corrected chi connectivity index (χ2v) is 9.28. The third-order valence-corrected chi connectivity index (χ3v) is 6.13. The van der Waals surface area contributed by atoms with E-state index in [4.69, 9.17) is 0 Å². The van der Waals surface area contributed by atoms with Gasteiger partial charge in [-0.25, -0.2) is 28.1 Å². The second kappa shape index (κ2) is 7.62. The molecule has 0 fully saturated rings. The molecule has 152 valence electrons. The summed E-state index contributed by atoms with van der Waals surface area (Å²) in [6.07, 6.45) is 0. The molecular weight excluding hydrogens is 470 g/mol. The summed E-state index contributed by atoms with van der Waals surface area (Å²) in [5.41, 5.74) is 3.40. The van der Waals surface area contributed by atoms with Crippen LogP contribution in [0.3, 0.4) is 0 Å². The molecule has 1 amide bonds. The van der Waals surface area contributed by atoms with Crippen molar-refractivity contribution in [2.24, 2.45) is 4.99 Å². The van der Waals surface area contributed by atoms with E-state index >= 15 is 0 Å². The lowest BCUT2D eigenvalue weighted by atomic mass is 10.1. The molecule has 8 nitrogen and oxygen atoms in total. The average Bonchev–Trinajstić information content (AvgIpc) is 2.96. The lowest BCUT2D eigenvalue weighted by Gasteiger charge is -2.08. The SMILES string of the molecule is Cc1cc(C)nc(NS(=O)(=O)c2ccc(N=C3C(=O)Nc4ccc(Br)cc43)cc2)n1. The molecule has 2 aromatic carbocycles. The minimum Gasteiger partial charge on any atom is -0.320 e. The highest BCUT2D eigenvalue weighted by molar-refractivity contribution is 9.10. The van der Waals surface area contributed by atoms with Gasteiger partial charge in [-0.1, -0.05) is 15.9 Å². The highest BCUT2D eigenvalue weighted by Gasteiger charge is 2.26. The van der Waals surface area contributed by atoms with Crippen LogP contribution in [0.1, 0.15) is 17.0 Å². The van der Waals surface area contributed by atoms with Crippen LogP contribution in [0.25, 0.3) is 0 Å². The Bertz CT molecular complexity index is 1280. The summed E-state index contributed by atoms with van der Waals surface area (Å²) in [6, 6.07) is 13.1. The molecule has 0 spiro atoms. The number of rotatable bonds is 4. The van der Waals surface area contributed by atoms with Crippen LogP contribution in [-0.2, 0) is 14.8 Å². The van der Waals surface area contributed by atoms with Gasteiger partial charge in [-0.15, -0.1) is 0 Å². The zero-order valence-corrected chi connectivity index (χ0v) is 18.4. The molecule has 1 aliphatic heterocycles. The van der Waals surface area contributed by atoms with Crippen LogP contribution in [0.2, 0.25) is 0 Å². The van der Waals surface area contributed by atoms with E-state index in [0.29, 0.717) is 28.3 Å². The Balaban J connectivity index is 1.61. The fraction of sp³-hybridized carbons (Fsp3) is 0.100. The molecular formula is C20H16BrN5O3S. The molecule has 0 saturated heterocycles. The Labute approximate surface area is 181 Å². The fourth-order valence-corrected chi connectivity index (χ4v) is 4.32. The minimum absolute atomic E-state index is 0.0154. The van der Waals surface area contributed by atoms with Crippen LogP contribution in [0.15, 0.2) is 62.9 Å². The molecule has 1 aliphatic rings. The van der Waals surface area contributed by atoms with Gasteiger partial charge in [0.25, 0.3) is 15.9 Å². The van der Waals surface area contributed by atoms with Crippen molar-refractivity contribution < 1.29 is 13.2 Å². The number of aryl methyl sites for hydroxylation is 2. The lowest BCUT2D eigenvalue weighted by molar-refractivity contribution is -0.110. The van der Waals surface area contributed by atoms with Crippen molar-refractivity contribution in [1.29, 1.82) is 0 Å². The quantitative estimate of drug-likeness (QED) is 0.584. The monoisotopic (exact) mass is 485 g/mol. The first kappa shape index (κ1) is 20.2. The molecule has 10 heteroatoms. The molecule has 0 aliphatic carbocycles. The Morgan fingerprint density at radius 2 is 1.67 bits per heavy atom. The van der Waals surface area contributed by atoms with Gasteiger partial charge in [0.05, 0.1) is 16.3 Å². The van der Waals surface area contributed by atoms with Gasteiger partial charge in [0.2, 0.25) is 5.95 Å². The maximum atomic E-state index is 12.6. The van der Waals surface area contributed by atoms with Gasteiger partial charge in [-0.3, -0.25) is 4.79 Å². The van der Waals surface area contributed by atoms with E-state index in [1.807, 2.05) is 6.07 Å². The topological polar surface area (TPSA) is 113 Å². The first-order valence-electron chi connectivity index (χ1n) is 8.86. The molecule has 0 radical (unpaired) electrons. The summed E-state index contributed by atoms with van der Waals surface area (Å²) in [4.78, 5) is 24.9. The lowest BCUT2D eigenvalue weighted by Crippen LogP contribution is -2.15. The number of amides is 1. The predicted octanol–water partition coefficient (Wildman–Crippen LogP) is 3.73. The van der Waals surface area contributed by atoms with Gasteiger partial charge < -0.3 is 5.32 Å². The van der Waals surface area contributed by atoms with Crippen LogP contribution in [0.5, 0.6) is 0 Å². The standard InChI is InChI=1S/C20H16BrN5O3S/c1-11-9-12(2)23-20(22-11)26-30(28,29)15-6-4-14(5-7-15)24-18-16-10-13(21)3-8-17(16)25-19(18)27/h3-10H,1-2H3,(H,22,23,26)(H,24,25,27). The largest absolute Gasteiger partial charge is 0.320 e. The Kier molecular flexibility index (Phi) is 5.12. The van der Waals surface area contributed by atoms with E-state index in [-0.39, 0.29) is 22.5 Å². The van der Waals surface area contributed by atoms with Crippen molar-refractivity contribution in [3.8, 4) is 0 Å². The van der Waals surface area contributed by atoms with E-state index < -0.39 is 10.0 Å². The highest BCUT2D eigenvalue weighted by atomic mass is 79.9. The predicted molar refractivity (Wildman–Crippen MR) is 118 cm³/mol. The molecule has 1 aromatic heterocycles. The van der Waals surface area contributed by atoms with E-state index in [1.54, 1.807) is 32.0 Å². The minimum atomic E-state index is -3.86. The van der Waals surface area contributed by atoms with E-state index in [9.17, 15) is 13.2 Å². The van der Waals surface area contributed by atoms with Crippen LogP contribution in [-0.4, -0.2) is 30.0 Å². The molecule has 3 aromatic rings. The molecule has 0 unspecified atom stereocenters. The number of fused-ring (bicyclic) bond motifs is 1. The normalized spacial score (nSPS) is 14.5. The van der Waals surface area contributed by atoms with Crippen molar-refractivity contribution in [1.82, 2.24) is 9.97 Å². The van der Waals surface area contributed by atoms with Crippen molar-refractivity contribution in [2.45, 2.75) is 18.7 Å². The third kappa shape index (κ3) is 4.10. The van der Waals surface area contributed by atoms with Crippen LogP contribution >= 0.6 is 15.9 Å². The van der Waals surface area contributed by atoms with Crippen molar-refractivity contribution in [3.63, 3.8) is 0 Å². The first-order chi connectivity index (χ1) is 14.2. The summed E-state index contributed by atoms with van der Waals surface area (Å²) in [6.45, 7) is 3.52. The summed E-state index contributed by atoms with van der Waals surface area (Å²) in [5.74, 6) is -0.296. The third-order valence-electron chi connectivity index (χ3n) is 4.30. The summed E-state index contributed by atoms with van der Waals surface area (Å²) >= 11 is 3.39. The maximum absolute atomic E-state index is 12.6. The Morgan fingerprint density at radius 3 is 2.33 bits per heavy atom. The first-order valence-corrected chi connectivity index (χ1v) is 11.1. The number of hydrogen-bond donors (Lipinski definition) is 2. The number of carbonyl (C=O) groups excluding carboxylic acids is 1. The number of anilines is 2.